The van der Waals surface area contributed by atoms with Crippen LogP contribution in [0.5, 0.6) is 0 Å². The number of rotatable bonds is 3. The summed E-state index contributed by atoms with van der Waals surface area (Å²) in [6.45, 7) is 5.78. The number of aromatic nitrogens is 2. The number of anilines is 1. The molecule has 1 aromatic heterocycles. The van der Waals surface area contributed by atoms with Gasteiger partial charge in [0.05, 0.1) is 18.3 Å². The Labute approximate surface area is 113 Å². The van der Waals surface area contributed by atoms with Crippen molar-refractivity contribution in [2.45, 2.75) is 25.6 Å². The molecule has 0 unspecified atom stereocenters. The van der Waals surface area contributed by atoms with Crippen molar-refractivity contribution in [2.75, 3.05) is 31.7 Å². The molecule has 1 aliphatic heterocycles. The minimum Gasteiger partial charge on any atom is -0.382 e. The molecule has 1 aliphatic rings. The lowest BCUT2D eigenvalue weighted by Crippen LogP contribution is -2.55. The van der Waals surface area contributed by atoms with E-state index in [1.807, 2.05) is 18.7 Å². The molecule has 1 aromatic rings. The second-order valence-corrected chi connectivity index (χ2v) is 5.50. The van der Waals surface area contributed by atoms with Gasteiger partial charge in [-0.05, 0) is 13.8 Å². The highest BCUT2D eigenvalue weighted by Crippen LogP contribution is 2.23. The van der Waals surface area contributed by atoms with E-state index in [-0.39, 0.29) is 17.3 Å². The van der Waals surface area contributed by atoms with Gasteiger partial charge in [0.15, 0.2) is 5.82 Å². The summed E-state index contributed by atoms with van der Waals surface area (Å²) >= 11 is 0. The van der Waals surface area contributed by atoms with Gasteiger partial charge in [0.1, 0.15) is 0 Å². The average molecular weight is 267 g/mol. The third-order valence-corrected chi connectivity index (χ3v) is 3.13. The molecule has 0 aliphatic carbocycles. The monoisotopic (exact) mass is 267 g/mol. The summed E-state index contributed by atoms with van der Waals surface area (Å²) in [5, 5.41) is 0. The van der Waals surface area contributed by atoms with Gasteiger partial charge in [-0.3, -0.25) is 4.79 Å². The molecule has 1 saturated heterocycles. The third kappa shape index (κ3) is 3.13. The molecule has 0 radical (unpaired) electrons. The Bertz CT molecular complexity index is 498. The highest BCUT2D eigenvalue weighted by Gasteiger charge is 2.34. The van der Waals surface area contributed by atoms with E-state index >= 15 is 0 Å². The predicted octanol–water partition coefficient (Wildman–Crippen LogP) is 0.410. The van der Waals surface area contributed by atoms with Gasteiger partial charge in [-0.1, -0.05) is 0 Å². The Morgan fingerprint density at radius 3 is 3.00 bits per heavy atom. The van der Waals surface area contributed by atoms with Crippen LogP contribution in [0.15, 0.2) is 17.2 Å². The number of hydrogen-bond acceptors (Lipinski definition) is 5. The Hall–Kier alpha value is -1.40. The molecule has 2 heterocycles. The van der Waals surface area contributed by atoms with Crippen molar-refractivity contribution in [1.29, 1.82) is 0 Å². The van der Waals surface area contributed by atoms with Crippen LogP contribution >= 0.6 is 0 Å². The van der Waals surface area contributed by atoms with Crippen molar-refractivity contribution in [3.05, 3.63) is 22.7 Å². The maximum Gasteiger partial charge on any atom is 0.293 e. The molecule has 0 bridgehead atoms. The molecule has 0 spiro atoms. The SMILES string of the molecule is COC[C@H]1CN(c2nccn(C)c2=O)CC(C)(C)O1. The molecular weight excluding hydrogens is 246 g/mol. The standard InChI is InChI=1S/C13H21N3O3/c1-13(2)9-16(7-10(19-13)8-18-4)11-12(17)15(3)6-5-14-11/h5-6,10H,7-9H2,1-4H3/t10-/m1/s1. The normalized spacial score (nSPS) is 22.5. The highest BCUT2D eigenvalue weighted by atomic mass is 16.5. The molecule has 2 rings (SSSR count). The van der Waals surface area contributed by atoms with Crippen LogP contribution in [0.25, 0.3) is 0 Å². The minimum atomic E-state index is -0.329. The van der Waals surface area contributed by atoms with Crippen molar-refractivity contribution in [3.8, 4) is 0 Å². The number of hydrogen-bond donors (Lipinski definition) is 0. The lowest BCUT2D eigenvalue weighted by Gasteiger charge is -2.42. The van der Waals surface area contributed by atoms with Gasteiger partial charge in [-0.15, -0.1) is 0 Å². The molecule has 0 amide bonds. The molecule has 106 valence electrons. The van der Waals surface area contributed by atoms with Crippen LogP contribution < -0.4 is 10.5 Å². The lowest BCUT2D eigenvalue weighted by atomic mass is 10.1. The maximum absolute atomic E-state index is 12.1. The summed E-state index contributed by atoms with van der Waals surface area (Å²) in [7, 11) is 3.38. The fourth-order valence-corrected chi connectivity index (χ4v) is 2.43. The second kappa shape index (κ2) is 5.30. The summed E-state index contributed by atoms with van der Waals surface area (Å²) in [5.41, 5.74) is -0.416. The van der Waals surface area contributed by atoms with Crippen molar-refractivity contribution < 1.29 is 9.47 Å². The molecular formula is C13H21N3O3. The van der Waals surface area contributed by atoms with Gasteiger partial charge in [0.25, 0.3) is 5.56 Å². The smallest absolute Gasteiger partial charge is 0.293 e. The summed E-state index contributed by atoms with van der Waals surface area (Å²) in [5.74, 6) is 0.475. The first-order valence-electron chi connectivity index (χ1n) is 6.36. The minimum absolute atomic E-state index is 0.0551. The van der Waals surface area contributed by atoms with E-state index in [4.69, 9.17) is 9.47 Å². The van der Waals surface area contributed by atoms with E-state index < -0.39 is 0 Å². The van der Waals surface area contributed by atoms with E-state index in [1.54, 1.807) is 26.6 Å². The van der Waals surface area contributed by atoms with Crippen LogP contribution in [-0.2, 0) is 16.5 Å². The summed E-state index contributed by atoms with van der Waals surface area (Å²) < 4.78 is 12.6. The quantitative estimate of drug-likeness (QED) is 0.794. The molecule has 0 saturated carbocycles. The van der Waals surface area contributed by atoms with Crippen molar-refractivity contribution in [3.63, 3.8) is 0 Å². The molecule has 6 nitrogen and oxygen atoms in total. The van der Waals surface area contributed by atoms with Crippen LogP contribution in [0.4, 0.5) is 5.82 Å². The van der Waals surface area contributed by atoms with Crippen molar-refractivity contribution in [1.82, 2.24) is 9.55 Å². The Morgan fingerprint density at radius 1 is 1.58 bits per heavy atom. The van der Waals surface area contributed by atoms with E-state index in [1.165, 1.54) is 4.57 Å². The molecule has 19 heavy (non-hydrogen) atoms. The molecule has 6 heteroatoms. The first kappa shape index (κ1) is 14.0. The van der Waals surface area contributed by atoms with E-state index in [9.17, 15) is 4.79 Å². The fourth-order valence-electron chi connectivity index (χ4n) is 2.43. The second-order valence-electron chi connectivity index (χ2n) is 5.50. The van der Waals surface area contributed by atoms with Gasteiger partial charge in [0.2, 0.25) is 0 Å². The van der Waals surface area contributed by atoms with Gasteiger partial charge in [-0.2, -0.15) is 0 Å². The zero-order valence-corrected chi connectivity index (χ0v) is 11.9. The Balaban J connectivity index is 2.28. The highest BCUT2D eigenvalue weighted by molar-refractivity contribution is 5.37. The van der Waals surface area contributed by atoms with E-state index in [0.717, 1.165) is 0 Å². The summed E-state index contributed by atoms with van der Waals surface area (Å²) in [4.78, 5) is 18.3. The van der Waals surface area contributed by atoms with Crippen LogP contribution in [-0.4, -0.2) is 48.1 Å². The van der Waals surface area contributed by atoms with E-state index in [2.05, 4.69) is 4.98 Å². The maximum atomic E-state index is 12.1. The van der Waals surface area contributed by atoms with Gasteiger partial charge in [-0.25, -0.2) is 4.98 Å². The summed E-state index contributed by atoms with van der Waals surface area (Å²) in [6, 6.07) is 0. The third-order valence-electron chi connectivity index (χ3n) is 3.13. The van der Waals surface area contributed by atoms with E-state index in [0.29, 0.717) is 25.5 Å². The first-order valence-corrected chi connectivity index (χ1v) is 6.36. The topological polar surface area (TPSA) is 56.6 Å². The largest absolute Gasteiger partial charge is 0.382 e. The first-order chi connectivity index (χ1) is 8.93. The number of aryl methyl sites for hydroxylation is 1. The number of morpholine rings is 1. The van der Waals surface area contributed by atoms with Crippen molar-refractivity contribution >= 4 is 5.82 Å². The Kier molecular flexibility index (Phi) is 3.91. The zero-order valence-electron chi connectivity index (χ0n) is 11.9. The Morgan fingerprint density at radius 2 is 2.32 bits per heavy atom. The fraction of sp³-hybridized carbons (Fsp3) is 0.692. The lowest BCUT2D eigenvalue weighted by molar-refractivity contribution is -0.106. The number of methoxy groups -OCH3 is 1. The molecule has 0 N–H and O–H groups in total. The van der Waals surface area contributed by atoms with Crippen molar-refractivity contribution in [2.24, 2.45) is 7.05 Å². The number of ether oxygens (including phenoxy) is 2. The van der Waals surface area contributed by atoms with Crippen LogP contribution in [0, 0.1) is 0 Å². The predicted molar refractivity (Wildman–Crippen MR) is 72.5 cm³/mol. The summed E-state index contributed by atoms with van der Waals surface area (Å²) in [6.07, 6.45) is 3.25. The van der Waals surface area contributed by atoms with Crippen LogP contribution in [0.1, 0.15) is 13.8 Å². The average Bonchev–Trinajstić information content (AvgIpc) is 2.31. The van der Waals surface area contributed by atoms with Crippen LogP contribution in [0.2, 0.25) is 0 Å². The van der Waals surface area contributed by atoms with Gasteiger partial charge < -0.3 is 18.9 Å². The molecule has 0 aromatic carbocycles. The van der Waals surface area contributed by atoms with Gasteiger partial charge >= 0.3 is 0 Å². The molecule has 1 fully saturated rings. The number of nitrogens with zero attached hydrogens (tertiary/aromatic N) is 3. The van der Waals surface area contributed by atoms with Crippen LogP contribution in [0.3, 0.4) is 0 Å². The molecule has 1 atom stereocenters. The zero-order chi connectivity index (χ0) is 14.0. The van der Waals surface area contributed by atoms with Gasteiger partial charge in [0, 0.05) is 39.6 Å².